The molecule has 0 fully saturated rings. The molecule has 0 aliphatic rings. The van der Waals surface area contributed by atoms with E-state index >= 15 is 0 Å². The highest BCUT2D eigenvalue weighted by molar-refractivity contribution is 6.31. The number of hydrazine groups is 1. The summed E-state index contributed by atoms with van der Waals surface area (Å²) in [7, 11) is 0. The van der Waals surface area contributed by atoms with Crippen LogP contribution in [0, 0.1) is 5.82 Å². The average Bonchev–Trinajstić information content (AvgIpc) is 2.49. The lowest BCUT2D eigenvalue weighted by molar-refractivity contribution is 0.490. The predicted molar refractivity (Wildman–Crippen MR) is 78.8 cm³/mol. The number of halogens is 2. The van der Waals surface area contributed by atoms with E-state index in [4.69, 9.17) is 17.4 Å². The van der Waals surface area contributed by atoms with Crippen LogP contribution in [0.15, 0.2) is 42.7 Å². The van der Waals surface area contributed by atoms with Crippen LogP contribution in [-0.4, -0.2) is 11.0 Å². The van der Waals surface area contributed by atoms with Gasteiger partial charge in [0.1, 0.15) is 5.82 Å². The normalized spacial score (nSPS) is 12.3. The second kappa shape index (κ2) is 7.33. The van der Waals surface area contributed by atoms with Crippen LogP contribution in [-0.2, 0) is 12.8 Å². The summed E-state index contributed by atoms with van der Waals surface area (Å²) in [6.45, 7) is 0. The van der Waals surface area contributed by atoms with Crippen molar-refractivity contribution in [2.45, 2.75) is 25.3 Å². The second-order valence-corrected chi connectivity index (χ2v) is 5.06. The van der Waals surface area contributed by atoms with Crippen LogP contribution in [0.2, 0.25) is 5.02 Å². The second-order valence-electron chi connectivity index (χ2n) is 4.68. The van der Waals surface area contributed by atoms with Crippen LogP contribution in [0.25, 0.3) is 0 Å². The van der Waals surface area contributed by atoms with E-state index in [0.29, 0.717) is 6.42 Å². The van der Waals surface area contributed by atoms with Gasteiger partial charge in [-0.1, -0.05) is 29.8 Å². The van der Waals surface area contributed by atoms with E-state index in [9.17, 15) is 4.39 Å². The van der Waals surface area contributed by atoms with Gasteiger partial charge in [0, 0.05) is 18.4 Å². The van der Waals surface area contributed by atoms with Crippen LogP contribution in [0.5, 0.6) is 0 Å². The lowest BCUT2D eigenvalue weighted by Crippen LogP contribution is -2.37. The Labute approximate surface area is 122 Å². The molecule has 0 spiro atoms. The van der Waals surface area contributed by atoms with Crippen molar-refractivity contribution in [2.24, 2.45) is 5.84 Å². The Morgan fingerprint density at radius 3 is 2.85 bits per heavy atom. The zero-order valence-electron chi connectivity index (χ0n) is 11.0. The Morgan fingerprint density at radius 2 is 2.15 bits per heavy atom. The fourth-order valence-electron chi connectivity index (χ4n) is 2.10. The number of aryl methyl sites for hydroxylation is 1. The standard InChI is InChI=1S/C15H17ClFN3/c16-15-12(4-1-5-14(15)17)9-13(20-18)7-6-11-3-2-8-19-10-11/h1-5,8,10,13,20H,6-7,9,18H2. The van der Waals surface area contributed by atoms with Gasteiger partial charge in [0.05, 0.1) is 5.02 Å². The van der Waals surface area contributed by atoms with Crippen LogP contribution < -0.4 is 11.3 Å². The first kappa shape index (κ1) is 14.9. The number of pyridine rings is 1. The maximum absolute atomic E-state index is 13.4. The maximum atomic E-state index is 13.4. The molecule has 1 aromatic carbocycles. The van der Waals surface area contributed by atoms with Gasteiger partial charge in [0.15, 0.2) is 0 Å². The molecule has 0 aliphatic heterocycles. The van der Waals surface area contributed by atoms with E-state index in [1.807, 2.05) is 24.4 Å². The molecule has 0 radical (unpaired) electrons. The summed E-state index contributed by atoms with van der Waals surface area (Å²) < 4.78 is 13.4. The van der Waals surface area contributed by atoms with E-state index in [-0.39, 0.29) is 11.1 Å². The van der Waals surface area contributed by atoms with Crippen molar-refractivity contribution in [1.82, 2.24) is 10.4 Å². The van der Waals surface area contributed by atoms with Crippen LogP contribution in [0.1, 0.15) is 17.5 Å². The first-order valence-corrected chi connectivity index (χ1v) is 6.86. The van der Waals surface area contributed by atoms with Gasteiger partial charge in [-0.25, -0.2) is 4.39 Å². The van der Waals surface area contributed by atoms with Gasteiger partial charge >= 0.3 is 0 Å². The highest BCUT2D eigenvalue weighted by Crippen LogP contribution is 2.21. The number of nitrogens with one attached hydrogen (secondary N) is 1. The summed E-state index contributed by atoms with van der Waals surface area (Å²) in [5, 5.41) is 0.175. The highest BCUT2D eigenvalue weighted by atomic mass is 35.5. The number of benzene rings is 1. The first-order chi connectivity index (χ1) is 9.70. The van der Waals surface area contributed by atoms with E-state index in [1.165, 1.54) is 6.07 Å². The monoisotopic (exact) mass is 293 g/mol. The third kappa shape index (κ3) is 4.00. The van der Waals surface area contributed by atoms with Crippen LogP contribution in [0.4, 0.5) is 4.39 Å². The molecule has 1 heterocycles. The molecule has 0 bridgehead atoms. The van der Waals surface area contributed by atoms with Gasteiger partial charge < -0.3 is 0 Å². The largest absolute Gasteiger partial charge is 0.271 e. The quantitative estimate of drug-likeness (QED) is 0.636. The number of nitrogens with two attached hydrogens (primary N) is 1. The zero-order chi connectivity index (χ0) is 14.4. The molecule has 1 aromatic heterocycles. The molecule has 106 valence electrons. The molecule has 20 heavy (non-hydrogen) atoms. The van der Waals surface area contributed by atoms with Crippen molar-refractivity contribution in [3.8, 4) is 0 Å². The summed E-state index contributed by atoms with van der Waals surface area (Å²) in [5.74, 6) is 5.17. The third-order valence-electron chi connectivity index (χ3n) is 3.24. The maximum Gasteiger partial charge on any atom is 0.142 e. The van der Waals surface area contributed by atoms with Crippen molar-refractivity contribution in [2.75, 3.05) is 0 Å². The van der Waals surface area contributed by atoms with E-state index < -0.39 is 5.82 Å². The number of aromatic nitrogens is 1. The molecular weight excluding hydrogens is 277 g/mol. The minimum Gasteiger partial charge on any atom is -0.271 e. The van der Waals surface area contributed by atoms with E-state index in [0.717, 1.165) is 24.0 Å². The molecule has 3 nitrogen and oxygen atoms in total. The number of nitrogens with zero attached hydrogens (tertiary/aromatic N) is 1. The molecule has 1 atom stereocenters. The molecule has 5 heteroatoms. The van der Waals surface area contributed by atoms with Gasteiger partial charge in [-0.2, -0.15) is 0 Å². The lowest BCUT2D eigenvalue weighted by atomic mass is 10.00. The zero-order valence-corrected chi connectivity index (χ0v) is 11.8. The fourth-order valence-corrected chi connectivity index (χ4v) is 2.31. The smallest absolute Gasteiger partial charge is 0.142 e. The average molecular weight is 294 g/mol. The Hall–Kier alpha value is -1.49. The minimum absolute atomic E-state index is 0.0366. The number of rotatable bonds is 6. The van der Waals surface area contributed by atoms with E-state index in [1.54, 1.807) is 12.3 Å². The summed E-state index contributed by atoms with van der Waals surface area (Å²) in [6, 6.07) is 8.80. The molecule has 1 unspecified atom stereocenters. The van der Waals surface area contributed by atoms with Gasteiger partial charge in [0.25, 0.3) is 0 Å². The molecule has 0 saturated heterocycles. The van der Waals surface area contributed by atoms with Gasteiger partial charge in [-0.3, -0.25) is 16.3 Å². The fraction of sp³-hybridized carbons (Fsp3) is 0.267. The molecule has 2 rings (SSSR count). The lowest BCUT2D eigenvalue weighted by Gasteiger charge is -2.16. The molecule has 0 aliphatic carbocycles. The summed E-state index contributed by atoms with van der Waals surface area (Å²) >= 11 is 5.96. The van der Waals surface area contributed by atoms with Crippen molar-refractivity contribution >= 4 is 11.6 Å². The van der Waals surface area contributed by atoms with Crippen LogP contribution in [0.3, 0.4) is 0 Å². The Bertz CT molecular complexity index is 548. The number of hydrogen-bond acceptors (Lipinski definition) is 3. The molecule has 2 aromatic rings. The van der Waals surface area contributed by atoms with E-state index in [2.05, 4.69) is 10.4 Å². The molecule has 0 saturated carbocycles. The van der Waals surface area contributed by atoms with Crippen molar-refractivity contribution < 1.29 is 4.39 Å². The first-order valence-electron chi connectivity index (χ1n) is 6.48. The predicted octanol–water partition coefficient (Wildman–Crippen LogP) is 2.88. The van der Waals surface area contributed by atoms with Gasteiger partial charge in [0.2, 0.25) is 0 Å². The summed E-state index contributed by atoms with van der Waals surface area (Å²) in [5.41, 5.74) is 4.68. The Balaban J connectivity index is 1.97. The Kier molecular flexibility index (Phi) is 5.47. The Morgan fingerprint density at radius 1 is 1.30 bits per heavy atom. The number of hydrogen-bond donors (Lipinski definition) is 2. The van der Waals surface area contributed by atoms with Gasteiger partial charge in [-0.05, 0) is 42.5 Å². The molecule has 3 N–H and O–H groups in total. The third-order valence-corrected chi connectivity index (χ3v) is 3.66. The van der Waals surface area contributed by atoms with Crippen molar-refractivity contribution in [1.29, 1.82) is 0 Å². The molecule has 0 amide bonds. The van der Waals surface area contributed by atoms with Gasteiger partial charge in [-0.15, -0.1) is 0 Å². The minimum atomic E-state index is -0.396. The SMILES string of the molecule is NNC(CCc1cccnc1)Cc1cccc(F)c1Cl. The van der Waals surface area contributed by atoms with Crippen LogP contribution >= 0.6 is 11.6 Å². The summed E-state index contributed by atoms with van der Waals surface area (Å²) in [6.07, 6.45) is 5.86. The topological polar surface area (TPSA) is 50.9 Å². The van der Waals surface area contributed by atoms with Crippen molar-refractivity contribution in [3.05, 3.63) is 64.7 Å². The molecular formula is C15H17ClFN3. The summed E-state index contributed by atoms with van der Waals surface area (Å²) in [4.78, 5) is 4.08. The highest BCUT2D eigenvalue weighted by Gasteiger charge is 2.12. The van der Waals surface area contributed by atoms with Crippen molar-refractivity contribution in [3.63, 3.8) is 0 Å².